The molecule has 1 aromatic carbocycles. The van der Waals surface area contributed by atoms with Gasteiger partial charge in [-0.3, -0.25) is 9.78 Å². The van der Waals surface area contributed by atoms with E-state index in [1.807, 2.05) is 36.4 Å². The average molecular weight is 578 g/mol. The van der Waals surface area contributed by atoms with Gasteiger partial charge in [-0.2, -0.15) is 0 Å². The number of nitrogens with one attached hydrogen (secondary N) is 1. The standard InChI is InChI=1S/C30H33N5O5S.H2/c1-20-7-8-22(15-28(20)41(37,38)14-13-39-3)30(36)32-18-24-16-27-23(17-31-24)9-10-26(33-27)25-5-4-6-29(34-25)35-11-12-40-21(2)19-35;/h4-10,15-17,21H,11-14,18-19H2,1-3H3,(H,32,36);1H/t21-;/m0./s1. The molecule has 0 spiro atoms. The lowest BCUT2D eigenvalue weighted by molar-refractivity contribution is 0.0529. The van der Waals surface area contributed by atoms with Crippen LogP contribution in [0.2, 0.25) is 0 Å². The number of carbonyl (C=O) groups excluding carboxylic acids is 1. The Kier molecular flexibility index (Phi) is 8.57. The second-order valence-corrected chi connectivity index (χ2v) is 12.1. The van der Waals surface area contributed by atoms with E-state index in [-0.39, 0.29) is 36.9 Å². The van der Waals surface area contributed by atoms with Gasteiger partial charge in [0.15, 0.2) is 9.84 Å². The van der Waals surface area contributed by atoms with E-state index in [2.05, 4.69) is 22.1 Å². The quantitative estimate of drug-likeness (QED) is 0.316. The van der Waals surface area contributed by atoms with Crippen LogP contribution in [0.4, 0.5) is 5.82 Å². The Hall–Kier alpha value is -3.93. The van der Waals surface area contributed by atoms with Crippen LogP contribution in [0, 0.1) is 6.92 Å². The maximum absolute atomic E-state index is 12.9. The van der Waals surface area contributed by atoms with Crippen molar-refractivity contribution < 1.29 is 24.1 Å². The number of morpholine rings is 1. The number of fused-ring (bicyclic) bond motifs is 1. The van der Waals surface area contributed by atoms with Gasteiger partial charge >= 0.3 is 0 Å². The summed E-state index contributed by atoms with van der Waals surface area (Å²) in [5.41, 5.74) is 3.70. The van der Waals surface area contributed by atoms with Crippen molar-refractivity contribution in [2.24, 2.45) is 0 Å². The van der Waals surface area contributed by atoms with Crippen LogP contribution in [0.1, 0.15) is 30.0 Å². The Bertz CT molecular complexity index is 1680. The fourth-order valence-electron chi connectivity index (χ4n) is 4.72. The minimum atomic E-state index is -3.58. The molecule has 0 aliphatic carbocycles. The van der Waals surface area contributed by atoms with E-state index in [1.54, 1.807) is 25.3 Å². The summed E-state index contributed by atoms with van der Waals surface area (Å²) < 4.78 is 36.0. The number of sulfone groups is 1. The summed E-state index contributed by atoms with van der Waals surface area (Å²) in [6.45, 7) is 6.25. The Morgan fingerprint density at radius 3 is 2.78 bits per heavy atom. The first-order chi connectivity index (χ1) is 19.7. The van der Waals surface area contributed by atoms with Gasteiger partial charge in [0.2, 0.25) is 0 Å². The average Bonchev–Trinajstić information content (AvgIpc) is 2.98. The molecule has 1 fully saturated rings. The van der Waals surface area contributed by atoms with Gasteiger partial charge in [0.25, 0.3) is 5.91 Å². The summed E-state index contributed by atoms with van der Waals surface area (Å²) in [7, 11) is -2.13. The van der Waals surface area contributed by atoms with Crippen molar-refractivity contribution >= 4 is 32.5 Å². The molecule has 1 N–H and O–H groups in total. The van der Waals surface area contributed by atoms with E-state index in [1.165, 1.54) is 13.2 Å². The summed E-state index contributed by atoms with van der Waals surface area (Å²) in [6.07, 6.45) is 1.88. The molecule has 1 atom stereocenters. The van der Waals surface area contributed by atoms with Crippen LogP contribution in [-0.2, 0) is 25.9 Å². The van der Waals surface area contributed by atoms with Gasteiger partial charge in [-0.1, -0.05) is 12.1 Å². The highest BCUT2D eigenvalue weighted by atomic mass is 32.2. The molecular weight excluding hydrogens is 542 g/mol. The van der Waals surface area contributed by atoms with Crippen molar-refractivity contribution in [3.8, 4) is 11.4 Å². The topological polar surface area (TPSA) is 124 Å². The highest BCUT2D eigenvalue weighted by Gasteiger charge is 2.20. The van der Waals surface area contributed by atoms with E-state index < -0.39 is 15.7 Å². The summed E-state index contributed by atoms with van der Waals surface area (Å²) in [4.78, 5) is 29.4. The second-order valence-electron chi connectivity index (χ2n) is 10.0. The smallest absolute Gasteiger partial charge is 0.251 e. The molecule has 41 heavy (non-hydrogen) atoms. The van der Waals surface area contributed by atoms with Crippen LogP contribution in [0.5, 0.6) is 0 Å². The van der Waals surface area contributed by atoms with E-state index in [0.29, 0.717) is 17.9 Å². The van der Waals surface area contributed by atoms with Gasteiger partial charge in [-0.05, 0) is 61.9 Å². The predicted molar refractivity (Wildman–Crippen MR) is 159 cm³/mol. The number of benzene rings is 1. The first kappa shape index (κ1) is 28.6. The van der Waals surface area contributed by atoms with E-state index in [9.17, 15) is 13.2 Å². The Labute approximate surface area is 241 Å². The number of aromatic nitrogens is 3. The SMILES string of the molecule is COCCS(=O)(=O)c1cc(C(=O)NCc2cc3nc(-c4cccc(N5CCO[C@@H](C)C5)n4)ccc3cn2)ccc1C.[HH]. The van der Waals surface area contributed by atoms with Gasteiger partial charge in [0, 0.05) is 38.8 Å². The predicted octanol–water partition coefficient (Wildman–Crippen LogP) is 3.82. The monoisotopic (exact) mass is 577 g/mol. The number of aryl methyl sites for hydroxylation is 1. The number of hydrogen-bond donors (Lipinski definition) is 1. The molecule has 1 aliphatic heterocycles. The number of methoxy groups -OCH3 is 1. The maximum Gasteiger partial charge on any atom is 0.251 e. The zero-order chi connectivity index (χ0) is 29.0. The molecule has 5 rings (SSSR count). The largest absolute Gasteiger partial charge is 0.384 e. The minimum absolute atomic E-state index is 0. The van der Waals surface area contributed by atoms with Gasteiger partial charge in [-0.15, -0.1) is 0 Å². The number of ether oxygens (including phenoxy) is 2. The molecule has 0 bridgehead atoms. The van der Waals surface area contributed by atoms with Gasteiger partial charge in [0.05, 0.1) is 59.1 Å². The van der Waals surface area contributed by atoms with Crippen molar-refractivity contribution in [3.05, 3.63) is 77.6 Å². The van der Waals surface area contributed by atoms with E-state index in [0.717, 1.165) is 41.2 Å². The van der Waals surface area contributed by atoms with Crippen molar-refractivity contribution in [2.45, 2.75) is 31.4 Å². The number of hydrogen-bond acceptors (Lipinski definition) is 9. The first-order valence-electron chi connectivity index (χ1n) is 13.4. The zero-order valence-electron chi connectivity index (χ0n) is 23.3. The molecule has 1 amide bonds. The second kappa shape index (κ2) is 12.3. The van der Waals surface area contributed by atoms with Crippen LogP contribution in [-0.4, -0.2) is 74.5 Å². The van der Waals surface area contributed by atoms with Gasteiger partial charge < -0.3 is 19.7 Å². The van der Waals surface area contributed by atoms with Crippen molar-refractivity contribution in [3.63, 3.8) is 0 Å². The third kappa shape index (κ3) is 6.70. The fraction of sp³-hybridized carbons (Fsp3) is 0.333. The molecular formula is C30H35N5O5S. The molecule has 0 saturated carbocycles. The lowest BCUT2D eigenvalue weighted by Crippen LogP contribution is -2.41. The summed E-state index contributed by atoms with van der Waals surface area (Å²) in [6, 6.07) is 16.3. The number of carbonyl (C=O) groups is 1. The fourth-order valence-corrected chi connectivity index (χ4v) is 6.19. The normalized spacial score (nSPS) is 15.7. The molecule has 4 heterocycles. The minimum Gasteiger partial charge on any atom is -0.384 e. The van der Waals surface area contributed by atoms with Gasteiger partial charge in [-0.25, -0.2) is 18.4 Å². The molecule has 4 aromatic rings. The lowest BCUT2D eigenvalue weighted by Gasteiger charge is -2.32. The van der Waals surface area contributed by atoms with Crippen molar-refractivity contribution in [1.29, 1.82) is 0 Å². The molecule has 10 nitrogen and oxygen atoms in total. The Morgan fingerprint density at radius 1 is 1.15 bits per heavy atom. The van der Waals surface area contributed by atoms with Crippen molar-refractivity contribution in [1.82, 2.24) is 20.3 Å². The Balaban J connectivity index is 0.00000405. The van der Waals surface area contributed by atoms with Crippen LogP contribution >= 0.6 is 0 Å². The van der Waals surface area contributed by atoms with Crippen LogP contribution in [0.25, 0.3) is 22.3 Å². The number of pyridine rings is 3. The highest BCUT2D eigenvalue weighted by molar-refractivity contribution is 7.91. The third-order valence-corrected chi connectivity index (χ3v) is 8.78. The van der Waals surface area contributed by atoms with Crippen LogP contribution in [0.15, 0.2) is 65.7 Å². The summed E-state index contributed by atoms with van der Waals surface area (Å²) in [5.74, 6) is 0.344. The zero-order valence-corrected chi connectivity index (χ0v) is 24.1. The first-order valence-corrected chi connectivity index (χ1v) is 15.1. The van der Waals surface area contributed by atoms with Gasteiger partial charge in [0.1, 0.15) is 5.82 Å². The number of anilines is 1. The molecule has 11 heteroatoms. The van der Waals surface area contributed by atoms with Crippen LogP contribution in [0.3, 0.4) is 0 Å². The highest BCUT2D eigenvalue weighted by Crippen LogP contribution is 2.24. The number of nitrogens with zero attached hydrogens (tertiary/aromatic N) is 4. The number of rotatable bonds is 9. The third-order valence-electron chi connectivity index (χ3n) is 6.96. The summed E-state index contributed by atoms with van der Waals surface area (Å²) >= 11 is 0. The molecule has 0 unspecified atom stereocenters. The van der Waals surface area contributed by atoms with Crippen LogP contribution < -0.4 is 10.2 Å². The van der Waals surface area contributed by atoms with Crippen molar-refractivity contribution in [2.75, 3.05) is 44.1 Å². The molecule has 3 aromatic heterocycles. The Morgan fingerprint density at radius 2 is 1.98 bits per heavy atom. The van der Waals surface area contributed by atoms with E-state index >= 15 is 0 Å². The maximum atomic E-state index is 12.9. The molecule has 0 radical (unpaired) electrons. The lowest BCUT2D eigenvalue weighted by atomic mass is 10.1. The molecule has 1 aliphatic rings. The molecule has 216 valence electrons. The molecule has 1 saturated heterocycles. The summed E-state index contributed by atoms with van der Waals surface area (Å²) in [5, 5.41) is 3.71. The number of amides is 1. The van der Waals surface area contributed by atoms with E-state index in [4.69, 9.17) is 19.4 Å².